The summed E-state index contributed by atoms with van der Waals surface area (Å²) in [5.74, 6) is 3.94. The number of aliphatic hydroxyl groups excluding tert-OH is 1. The molecule has 0 aromatic carbocycles. The molecule has 1 N–H and O–H groups in total. The van der Waals surface area contributed by atoms with E-state index in [0.717, 1.165) is 43.6 Å². The number of hydrogen-bond donors (Lipinski definition) is 1. The Labute approximate surface area is 183 Å². The van der Waals surface area contributed by atoms with E-state index >= 15 is 0 Å². The van der Waals surface area contributed by atoms with Crippen molar-refractivity contribution in [3.05, 3.63) is 11.6 Å². The molecule has 1 spiro atoms. The number of aliphatic hydroxyl groups is 1. The van der Waals surface area contributed by atoms with Gasteiger partial charge in [0.25, 0.3) is 0 Å². The van der Waals surface area contributed by atoms with Gasteiger partial charge in [0.2, 0.25) is 0 Å². The van der Waals surface area contributed by atoms with Gasteiger partial charge in [0.15, 0.2) is 5.79 Å². The largest absolute Gasteiger partial charge is 0.393 e. The van der Waals surface area contributed by atoms with Gasteiger partial charge in [-0.05, 0) is 91.8 Å². The van der Waals surface area contributed by atoms with Gasteiger partial charge in [-0.15, -0.1) is 0 Å². The van der Waals surface area contributed by atoms with Crippen LogP contribution in [0.15, 0.2) is 11.6 Å². The number of rotatable bonds is 0. The highest BCUT2D eigenvalue weighted by Crippen LogP contribution is 2.70. The number of ether oxygens (including phenoxy) is 2. The third kappa shape index (κ3) is 2.55. The molecule has 168 valence electrons. The maximum absolute atomic E-state index is 10.3. The van der Waals surface area contributed by atoms with Gasteiger partial charge in [-0.1, -0.05) is 39.3 Å². The second-order valence-electron chi connectivity index (χ2n) is 12.7. The van der Waals surface area contributed by atoms with Gasteiger partial charge in [-0.3, -0.25) is 0 Å². The van der Waals surface area contributed by atoms with Crippen LogP contribution in [-0.4, -0.2) is 29.7 Å². The third-order valence-electron chi connectivity index (χ3n) is 11.3. The first-order valence-electron chi connectivity index (χ1n) is 13.0. The fourth-order valence-electron chi connectivity index (χ4n) is 9.66. The molecule has 5 fully saturated rings. The summed E-state index contributed by atoms with van der Waals surface area (Å²) in [5.41, 5.74) is 2.31. The van der Waals surface area contributed by atoms with Crippen molar-refractivity contribution in [3.63, 3.8) is 0 Å². The molecular weight excluding hydrogens is 372 g/mol. The summed E-state index contributed by atoms with van der Waals surface area (Å²) in [6.45, 7) is 10.8. The van der Waals surface area contributed by atoms with Crippen LogP contribution < -0.4 is 0 Å². The Morgan fingerprint density at radius 2 is 1.87 bits per heavy atom. The van der Waals surface area contributed by atoms with E-state index in [4.69, 9.17) is 9.47 Å². The van der Waals surface area contributed by atoms with E-state index in [2.05, 4.69) is 33.8 Å². The second kappa shape index (κ2) is 6.58. The maximum atomic E-state index is 10.3. The van der Waals surface area contributed by atoms with E-state index in [9.17, 15) is 5.11 Å². The summed E-state index contributed by atoms with van der Waals surface area (Å²) in [5, 5.41) is 10.3. The lowest BCUT2D eigenvalue weighted by Crippen LogP contribution is -2.52. The van der Waals surface area contributed by atoms with Gasteiger partial charge >= 0.3 is 0 Å². The highest BCUT2D eigenvalue weighted by atomic mass is 16.7. The van der Waals surface area contributed by atoms with E-state index in [1.54, 1.807) is 5.57 Å². The van der Waals surface area contributed by atoms with E-state index in [1.165, 1.54) is 38.5 Å². The first kappa shape index (κ1) is 20.2. The van der Waals surface area contributed by atoms with Gasteiger partial charge in [0.05, 0.1) is 18.8 Å². The van der Waals surface area contributed by atoms with Gasteiger partial charge < -0.3 is 14.6 Å². The molecule has 0 aromatic rings. The van der Waals surface area contributed by atoms with Gasteiger partial charge in [-0.25, -0.2) is 0 Å². The average molecular weight is 415 g/mol. The minimum atomic E-state index is -0.294. The van der Waals surface area contributed by atoms with Crippen LogP contribution in [0.2, 0.25) is 0 Å². The molecule has 2 aliphatic heterocycles. The molecule has 3 unspecified atom stereocenters. The van der Waals surface area contributed by atoms with E-state index in [-0.39, 0.29) is 11.9 Å². The van der Waals surface area contributed by atoms with Crippen molar-refractivity contribution in [1.82, 2.24) is 0 Å². The van der Waals surface area contributed by atoms with Crippen LogP contribution >= 0.6 is 0 Å². The van der Waals surface area contributed by atoms with Crippen molar-refractivity contribution in [2.45, 2.75) is 103 Å². The monoisotopic (exact) mass is 414 g/mol. The van der Waals surface area contributed by atoms with Gasteiger partial charge in [-0.2, -0.15) is 0 Å². The Morgan fingerprint density at radius 3 is 2.63 bits per heavy atom. The normalized spacial score (nSPS) is 59.8. The van der Waals surface area contributed by atoms with Crippen molar-refractivity contribution in [2.75, 3.05) is 6.61 Å². The topological polar surface area (TPSA) is 38.7 Å². The molecule has 0 amide bonds. The lowest BCUT2D eigenvalue weighted by Gasteiger charge is -2.58. The zero-order valence-electron chi connectivity index (χ0n) is 19.5. The first-order valence-corrected chi connectivity index (χ1v) is 13.0. The quantitative estimate of drug-likeness (QED) is 0.516. The smallest absolute Gasteiger partial charge is 0.171 e. The van der Waals surface area contributed by atoms with Gasteiger partial charge in [0.1, 0.15) is 0 Å². The van der Waals surface area contributed by atoms with Crippen LogP contribution in [0.1, 0.15) is 85.5 Å². The molecular formula is C27H42O3. The molecule has 3 heteroatoms. The van der Waals surface area contributed by atoms with Crippen LogP contribution in [0.4, 0.5) is 0 Å². The third-order valence-corrected chi connectivity index (χ3v) is 11.3. The molecule has 4 aliphatic carbocycles. The standard InChI is InChI=1S/C27H42O3/c1-16-7-12-27(29-15-16)17(2)24-23(30-27)14-22-20-6-5-18-13-19(28)8-10-25(18,3)21(20)9-11-26(22,24)4/h5,16-17,19-24,28H,6-15H2,1-4H3/t16?,17?,19?,20-,21-,22+,23+,24-,25+,26+,27-/m1/s1. The summed E-state index contributed by atoms with van der Waals surface area (Å²) in [4.78, 5) is 0. The first-order chi connectivity index (χ1) is 14.3. The zero-order chi connectivity index (χ0) is 20.9. The molecule has 2 heterocycles. The predicted octanol–water partition coefficient (Wildman–Crippen LogP) is 5.71. The van der Waals surface area contributed by atoms with Crippen LogP contribution in [0.25, 0.3) is 0 Å². The van der Waals surface area contributed by atoms with Crippen molar-refractivity contribution < 1.29 is 14.6 Å². The van der Waals surface area contributed by atoms with Crippen molar-refractivity contribution >= 4 is 0 Å². The molecule has 30 heavy (non-hydrogen) atoms. The van der Waals surface area contributed by atoms with Crippen LogP contribution in [0.5, 0.6) is 0 Å². The van der Waals surface area contributed by atoms with E-state index < -0.39 is 0 Å². The summed E-state index contributed by atoms with van der Waals surface area (Å²) in [7, 11) is 0. The zero-order valence-corrected chi connectivity index (χ0v) is 19.5. The maximum Gasteiger partial charge on any atom is 0.171 e. The number of fused-ring (bicyclic) bond motifs is 7. The van der Waals surface area contributed by atoms with Crippen LogP contribution in [-0.2, 0) is 9.47 Å². The van der Waals surface area contributed by atoms with Crippen molar-refractivity contribution in [2.24, 2.45) is 46.3 Å². The lowest BCUT2D eigenvalue weighted by atomic mass is 9.47. The molecule has 0 radical (unpaired) electrons. The fraction of sp³-hybridized carbons (Fsp3) is 0.926. The van der Waals surface area contributed by atoms with E-state index in [1.807, 2.05) is 0 Å². The van der Waals surface area contributed by atoms with Crippen LogP contribution in [0.3, 0.4) is 0 Å². The van der Waals surface area contributed by atoms with E-state index in [0.29, 0.717) is 34.7 Å². The Bertz CT molecular complexity index is 736. The molecule has 3 saturated carbocycles. The molecule has 3 nitrogen and oxygen atoms in total. The van der Waals surface area contributed by atoms with Crippen molar-refractivity contribution in [3.8, 4) is 0 Å². The number of allylic oxidation sites excluding steroid dienone is 1. The molecule has 6 rings (SSSR count). The second-order valence-corrected chi connectivity index (χ2v) is 12.7. The SMILES string of the molecule is CC1CC[C@@]2(OC1)O[C@H]1C[C@H]3[C@@H]4CC=C5CC(O)CC[C@]5(C)[C@@H]4CC[C@]3(C)[C@@H]1C2C. The summed E-state index contributed by atoms with van der Waals surface area (Å²) < 4.78 is 13.3. The minimum Gasteiger partial charge on any atom is -0.393 e. The molecule has 11 atom stereocenters. The highest BCUT2D eigenvalue weighted by molar-refractivity contribution is 5.26. The average Bonchev–Trinajstić information content (AvgIpc) is 3.16. The molecule has 0 bridgehead atoms. The Balaban J connectivity index is 1.28. The summed E-state index contributed by atoms with van der Waals surface area (Å²) in [6.07, 6.45) is 13.5. The molecule has 0 aromatic heterocycles. The van der Waals surface area contributed by atoms with Crippen molar-refractivity contribution in [1.29, 1.82) is 0 Å². The van der Waals surface area contributed by atoms with Crippen LogP contribution in [0, 0.1) is 46.3 Å². The fourth-order valence-corrected chi connectivity index (χ4v) is 9.66. The highest BCUT2D eigenvalue weighted by Gasteiger charge is 2.68. The number of hydrogen-bond acceptors (Lipinski definition) is 3. The summed E-state index contributed by atoms with van der Waals surface area (Å²) >= 11 is 0. The molecule has 6 aliphatic rings. The Hall–Kier alpha value is -0.380. The minimum absolute atomic E-state index is 0.107. The molecule has 2 saturated heterocycles. The Kier molecular flexibility index (Phi) is 4.44. The summed E-state index contributed by atoms with van der Waals surface area (Å²) in [6, 6.07) is 0. The predicted molar refractivity (Wildman–Crippen MR) is 118 cm³/mol. The lowest BCUT2D eigenvalue weighted by molar-refractivity contribution is -0.272. The Morgan fingerprint density at radius 1 is 1.03 bits per heavy atom. The van der Waals surface area contributed by atoms with Gasteiger partial charge in [0, 0.05) is 12.3 Å².